The van der Waals surface area contributed by atoms with Gasteiger partial charge in [-0.1, -0.05) is 5.92 Å². The van der Waals surface area contributed by atoms with E-state index < -0.39 is 66.7 Å². The molecule has 0 bridgehead atoms. The lowest BCUT2D eigenvalue weighted by molar-refractivity contribution is -0.149. The number of esters is 1. The van der Waals surface area contributed by atoms with E-state index in [1.165, 1.54) is 29.5 Å². The maximum Gasteiger partial charge on any atom is 0.330 e. The third-order valence-corrected chi connectivity index (χ3v) is 6.35. The molecule has 1 aromatic heterocycles. The second kappa shape index (κ2) is 10.6. The number of hydrogen-bond acceptors (Lipinski definition) is 9. The predicted molar refractivity (Wildman–Crippen MR) is 123 cm³/mol. The van der Waals surface area contributed by atoms with E-state index in [1.54, 1.807) is 18.8 Å². The highest BCUT2D eigenvalue weighted by molar-refractivity contribution is 7.37. The number of aromatic amines is 1. The van der Waals surface area contributed by atoms with Gasteiger partial charge in [0.2, 0.25) is 5.82 Å². The molecular formula is C18H27B2FN3O9P. The second-order valence-electron chi connectivity index (χ2n) is 8.54. The first-order chi connectivity index (χ1) is 15.6. The van der Waals surface area contributed by atoms with Crippen LogP contribution in [0.3, 0.4) is 0 Å². The number of hydrogen-bond donors (Lipinski definition) is 4. The lowest BCUT2D eigenvalue weighted by Crippen LogP contribution is -2.55. The molecule has 2 heterocycles. The fourth-order valence-electron chi connectivity index (χ4n) is 3.38. The third kappa shape index (κ3) is 5.89. The number of carbonyl (C=O) groups excluding carboxylic acids is 1. The van der Waals surface area contributed by atoms with E-state index in [-0.39, 0.29) is 6.10 Å². The Morgan fingerprint density at radius 3 is 2.62 bits per heavy atom. The molecule has 1 fully saturated rings. The van der Waals surface area contributed by atoms with Crippen LogP contribution in [0, 0.1) is 17.7 Å². The van der Waals surface area contributed by atoms with Crippen molar-refractivity contribution in [2.75, 3.05) is 0 Å². The summed E-state index contributed by atoms with van der Waals surface area (Å²) in [6.07, 6.45) is -4.87. The molecule has 0 amide bonds. The summed E-state index contributed by atoms with van der Waals surface area (Å²) < 4.78 is 43.2. The monoisotopic (exact) mass is 501 g/mol. The Balaban J connectivity index is 2.32. The summed E-state index contributed by atoms with van der Waals surface area (Å²) >= 11 is 0. The van der Waals surface area contributed by atoms with E-state index in [0.717, 1.165) is 0 Å². The van der Waals surface area contributed by atoms with Gasteiger partial charge >= 0.3 is 11.7 Å². The molecule has 1 aliphatic rings. The van der Waals surface area contributed by atoms with Gasteiger partial charge in [0.25, 0.3) is 13.7 Å². The highest BCUT2D eigenvalue weighted by Crippen LogP contribution is 2.42. The number of aliphatic hydroxyl groups excluding tert-OH is 1. The molecular weight excluding hydrogens is 474 g/mol. The quantitative estimate of drug-likeness (QED) is 0.124. The van der Waals surface area contributed by atoms with Gasteiger partial charge < -0.3 is 24.2 Å². The molecule has 0 spiro atoms. The number of carbonyl (C=O) groups is 1. The summed E-state index contributed by atoms with van der Waals surface area (Å²) in [5, 5.41) is 22.9. The molecule has 4 N–H and O–H groups in total. The maximum absolute atomic E-state index is 13.9. The van der Waals surface area contributed by atoms with Crippen LogP contribution in [-0.2, 0) is 23.4 Å². The van der Waals surface area contributed by atoms with Crippen LogP contribution in [0.4, 0.5) is 4.39 Å². The van der Waals surface area contributed by atoms with Crippen LogP contribution in [0.1, 0.15) is 33.9 Å². The number of aliphatic hydroxyl groups is 2. The number of halogens is 1. The first-order valence-electron chi connectivity index (χ1n) is 10.3. The van der Waals surface area contributed by atoms with Crippen molar-refractivity contribution in [3.05, 3.63) is 32.9 Å². The highest BCUT2D eigenvalue weighted by atomic mass is 31.1. The van der Waals surface area contributed by atoms with Crippen LogP contribution in [0.25, 0.3) is 0 Å². The van der Waals surface area contributed by atoms with Gasteiger partial charge in [0, 0.05) is 5.40 Å². The molecule has 1 saturated heterocycles. The minimum atomic E-state index is -3.12. The summed E-state index contributed by atoms with van der Waals surface area (Å²) in [6, 6.07) is -0.975. The molecule has 3 unspecified atom stereocenters. The van der Waals surface area contributed by atoms with Crippen LogP contribution in [0.15, 0.2) is 15.8 Å². The van der Waals surface area contributed by atoms with E-state index in [2.05, 4.69) is 16.9 Å². The average Bonchev–Trinajstić information content (AvgIpc) is 2.95. The van der Waals surface area contributed by atoms with Crippen molar-refractivity contribution in [2.24, 2.45) is 0 Å². The number of aromatic nitrogens is 2. The van der Waals surface area contributed by atoms with Crippen molar-refractivity contribution in [2.45, 2.75) is 69.3 Å². The number of nitrogens with one attached hydrogen (secondary N) is 2. The molecule has 16 heteroatoms. The summed E-state index contributed by atoms with van der Waals surface area (Å²) in [4.78, 5) is 37.3. The van der Waals surface area contributed by atoms with E-state index in [1.807, 2.05) is 0 Å². The van der Waals surface area contributed by atoms with Crippen molar-refractivity contribution in [3.8, 4) is 11.8 Å². The Hall–Kier alpha value is -2.20. The van der Waals surface area contributed by atoms with Crippen molar-refractivity contribution in [3.63, 3.8) is 0 Å². The molecule has 0 saturated carbocycles. The smallest absolute Gasteiger partial charge is 0.330 e. The second-order valence-corrected chi connectivity index (χ2v) is 9.61. The Kier molecular flexibility index (Phi) is 8.74. The molecule has 2 rings (SSSR count). The minimum absolute atomic E-state index is 0.381. The minimum Gasteiger partial charge on any atom is -0.462 e. The molecule has 0 aromatic carbocycles. The standard InChI is InChI=1S/C18H27B2FN3O9P/c1-5-6-17(29)11(25)12(32-15(17)24-7-10(21)13(26)22-16(24)28)18(19,20)33-34(30)23-9(4)14(27)31-8(2)3/h7-9,11-12,15,25,29,34H,19-20H2,1-4H3,(H,23,30)(H,22,26,28)/t9-,11?,12?,15+,17+/m0/s1. The van der Waals surface area contributed by atoms with Crippen LogP contribution >= 0.6 is 8.18 Å². The maximum atomic E-state index is 13.9. The summed E-state index contributed by atoms with van der Waals surface area (Å²) in [5.74, 6) is 2.78. The average molecular weight is 501 g/mol. The Morgan fingerprint density at radius 1 is 1.44 bits per heavy atom. The number of ether oxygens (including phenoxy) is 2. The summed E-state index contributed by atoms with van der Waals surface area (Å²) in [5.41, 5.74) is -4.82. The van der Waals surface area contributed by atoms with Crippen LogP contribution in [-0.4, -0.2) is 76.8 Å². The van der Waals surface area contributed by atoms with Gasteiger partial charge in [0.1, 0.15) is 33.9 Å². The van der Waals surface area contributed by atoms with Crippen molar-refractivity contribution in [1.82, 2.24) is 14.6 Å². The summed E-state index contributed by atoms with van der Waals surface area (Å²) in [6.45, 7) is 6.09. The number of nitrogens with zero attached hydrogens (tertiary/aromatic N) is 1. The van der Waals surface area contributed by atoms with E-state index in [0.29, 0.717) is 10.8 Å². The van der Waals surface area contributed by atoms with Gasteiger partial charge in [-0.3, -0.25) is 23.7 Å². The Bertz CT molecular complexity index is 1130. The van der Waals surface area contributed by atoms with Crippen LogP contribution in [0.5, 0.6) is 0 Å². The molecule has 186 valence electrons. The molecule has 6 atom stereocenters. The predicted octanol–water partition coefficient (Wildman–Crippen LogP) is -3.06. The molecule has 34 heavy (non-hydrogen) atoms. The van der Waals surface area contributed by atoms with Crippen molar-refractivity contribution in [1.29, 1.82) is 0 Å². The Morgan fingerprint density at radius 2 is 2.06 bits per heavy atom. The van der Waals surface area contributed by atoms with Crippen molar-refractivity contribution >= 4 is 29.8 Å². The van der Waals surface area contributed by atoms with Gasteiger partial charge in [-0.25, -0.2) is 9.88 Å². The third-order valence-electron chi connectivity index (χ3n) is 4.97. The molecule has 1 aromatic rings. The molecule has 0 aliphatic carbocycles. The zero-order valence-corrected chi connectivity index (χ0v) is 20.5. The fourth-order valence-corrected chi connectivity index (χ4v) is 4.51. The fraction of sp³-hybridized carbons (Fsp3) is 0.611. The lowest BCUT2D eigenvalue weighted by Gasteiger charge is -2.34. The number of H-pyrrole nitrogens is 1. The first-order valence-corrected chi connectivity index (χ1v) is 11.7. The Labute approximate surface area is 196 Å². The SMILES string of the molecule is BC(B)(O[PH](=O)N[C@@H](C)C(=O)OC(C)C)C1O[C@@H](n2cc(F)c(=O)[nH]c2=O)[C@@](O)(C#CC)C1O. The van der Waals surface area contributed by atoms with E-state index in [4.69, 9.17) is 14.0 Å². The first kappa shape index (κ1) is 28.0. The van der Waals surface area contributed by atoms with Crippen LogP contribution in [0.2, 0.25) is 0 Å². The van der Waals surface area contributed by atoms with E-state index in [9.17, 15) is 33.6 Å². The number of rotatable bonds is 8. The zero-order valence-electron chi connectivity index (χ0n) is 19.5. The lowest BCUT2D eigenvalue weighted by atomic mass is 9.60. The van der Waals surface area contributed by atoms with Crippen molar-refractivity contribution < 1.29 is 38.0 Å². The summed E-state index contributed by atoms with van der Waals surface area (Å²) in [7, 11) is -0.342. The molecule has 0 radical (unpaired) electrons. The van der Waals surface area contributed by atoms with Gasteiger partial charge in [0.15, 0.2) is 11.8 Å². The largest absolute Gasteiger partial charge is 0.462 e. The van der Waals surface area contributed by atoms with Gasteiger partial charge in [-0.2, -0.15) is 4.39 Å². The zero-order chi connectivity index (χ0) is 26.0. The topological polar surface area (TPSA) is 169 Å². The molecule has 1 aliphatic heterocycles. The van der Waals surface area contributed by atoms with Crippen LogP contribution < -0.4 is 16.3 Å². The van der Waals surface area contributed by atoms with Gasteiger partial charge in [-0.05, 0) is 27.7 Å². The molecule has 12 nitrogen and oxygen atoms in total. The van der Waals surface area contributed by atoms with E-state index >= 15 is 0 Å². The van der Waals surface area contributed by atoms with Gasteiger partial charge in [0.05, 0.1) is 12.3 Å². The normalized spacial score (nSPS) is 26.5. The van der Waals surface area contributed by atoms with Gasteiger partial charge in [-0.15, -0.1) is 5.92 Å². The highest BCUT2D eigenvalue weighted by Gasteiger charge is 2.60.